The zero-order valence-electron chi connectivity index (χ0n) is 17.8. The van der Waals surface area contributed by atoms with Gasteiger partial charge in [0.2, 0.25) is 0 Å². The van der Waals surface area contributed by atoms with Crippen LogP contribution in [0.25, 0.3) is 0 Å². The highest BCUT2D eigenvalue weighted by atomic mass is 127. The molecular weight excluding hydrogens is 485 g/mol. The molecule has 1 fully saturated rings. The number of nitrogens with zero attached hydrogens (tertiary/aromatic N) is 1. The third kappa shape index (κ3) is 7.21. The summed E-state index contributed by atoms with van der Waals surface area (Å²) in [6.07, 6.45) is 6.60. The Bertz CT molecular complexity index is 770. The van der Waals surface area contributed by atoms with Gasteiger partial charge in [0.15, 0.2) is 15.8 Å². The molecule has 160 valence electrons. The molecule has 0 bridgehead atoms. The molecule has 1 aromatic carbocycles. The zero-order valence-corrected chi connectivity index (χ0v) is 21.0. The Balaban J connectivity index is 0.00000392. The molecule has 0 aliphatic heterocycles. The topological polar surface area (TPSA) is 70.6 Å². The quantitative estimate of drug-likeness (QED) is 0.319. The van der Waals surface area contributed by atoms with Crippen molar-refractivity contribution in [3.05, 3.63) is 29.3 Å². The average molecular weight is 522 g/mol. The molecule has 2 rings (SSSR count). The molecule has 0 heterocycles. The van der Waals surface area contributed by atoms with Crippen molar-refractivity contribution in [3.8, 4) is 0 Å². The van der Waals surface area contributed by atoms with Gasteiger partial charge in [0.25, 0.3) is 0 Å². The summed E-state index contributed by atoms with van der Waals surface area (Å²) in [5.74, 6) is 1.59. The third-order valence-corrected chi connectivity index (χ3v) is 6.83. The molecular formula is C21H36IN3O2S. The van der Waals surface area contributed by atoms with Gasteiger partial charge in [-0.25, -0.2) is 13.4 Å². The average Bonchev–Trinajstić information content (AvgIpc) is 3.12. The summed E-state index contributed by atoms with van der Waals surface area (Å²) in [6, 6.07) is 5.43. The van der Waals surface area contributed by atoms with Crippen LogP contribution < -0.4 is 10.6 Å². The minimum absolute atomic E-state index is 0. The van der Waals surface area contributed by atoms with Crippen molar-refractivity contribution < 1.29 is 8.42 Å². The van der Waals surface area contributed by atoms with Crippen LogP contribution in [0.2, 0.25) is 0 Å². The van der Waals surface area contributed by atoms with Crippen LogP contribution in [0.4, 0.5) is 0 Å². The fourth-order valence-electron chi connectivity index (χ4n) is 3.90. The van der Waals surface area contributed by atoms with E-state index in [1.807, 2.05) is 19.1 Å². The summed E-state index contributed by atoms with van der Waals surface area (Å²) < 4.78 is 23.5. The first-order valence-electron chi connectivity index (χ1n) is 9.95. The van der Waals surface area contributed by atoms with Crippen LogP contribution in [-0.2, 0) is 16.4 Å². The first-order valence-corrected chi connectivity index (χ1v) is 11.8. The first kappa shape index (κ1) is 25.2. The number of aryl methyl sites for hydroxylation is 1. The van der Waals surface area contributed by atoms with Crippen LogP contribution in [0.15, 0.2) is 28.1 Å². The van der Waals surface area contributed by atoms with Crippen molar-refractivity contribution in [1.82, 2.24) is 10.6 Å². The number of halogens is 1. The SMILES string of the molecule is CCNC(=NCc1ccc(S(C)(=O)=O)c(C)c1)NCC(C)(C)C1CCCC1.I. The summed E-state index contributed by atoms with van der Waals surface area (Å²) in [5, 5.41) is 6.81. The van der Waals surface area contributed by atoms with E-state index in [-0.39, 0.29) is 29.4 Å². The molecule has 28 heavy (non-hydrogen) atoms. The monoisotopic (exact) mass is 521 g/mol. The van der Waals surface area contributed by atoms with E-state index in [0.29, 0.717) is 11.4 Å². The molecule has 0 aromatic heterocycles. The Morgan fingerprint density at radius 1 is 1.21 bits per heavy atom. The normalized spacial score (nSPS) is 16.0. The predicted molar refractivity (Wildman–Crippen MR) is 128 cm³/mol. The second-order valence-electron chi connectivity index (χ2n) is 8.39. The van der Waals surface area contributed by atoms with Gasteiger partial charge < -0.3 is 10.6 Å². The van der Waals surface area contributed by atoms with Crippen LogP contribution in [0.1, 0.15) is 57.6 Å². The molecule has 0 amide bonds. The van der Waals surface area contributed by atoms with Crippen LogP contribution >= 0.6 is 24.0 Å². The Morgan fingerprint density at radius 3 is 2.39 bits per heavy atom. The van der Waals surface area contributed by atoms with Crippen LogP contribution in [-0.4, -0.2) is 33.7 Å². The van der Waals surface area contributed by atoms with Crippen molar-refractivity contribution in [2.75, 3.05) is 19.3 Å². The van der Waals surface area contributed by atoms with E-state index in [2.05, 4.69) is 31.4 Å². The lowest BCUT2D eigenvalue weighted by atomic mass is 9.78. The first-order chi connectivity index (χ1) is 12.6. The molecule has 0 saturated heterocycles. The number of guanidine groups is 1. The van der Waals surface area contributed by atoms with Gasteiger partial charge in [0.05, 0.1) is 11.4 Å². The number of benzene rings is 1. The van der Waals surface area contributed by atoms with Crippen molar-refractivity contribution in [2.24, 2.45) is 16.3 Å². The highest BCUT2D eigenvalue weighted by molar-refractivity contribution is 14.0. The maximum absolute atomic E-state index is 11.8. The second-order valence-corrected chi connectivity index (χ2v) is 10.4. The van der Waals surface area contributed by atoms with E-state index < -0.39 is 9.84 Å². The van der Waals surface area contributed by atoms with Gasteiger partial charge in [-0.3, -0.25) is 0 Å². The maximum Gasteiger partial charge on any atom is 0.191 e. The van der Waals surface area contributed by atoms with Crippen LogP contribution in [0.5, 0.6) is 0 Å². The minimum Gasteiger partial charge on any atom is -0.357 e. The number of aliphatic imine (C=N–C) groups is 1. The van der Waals surface area contributed by atoms with Crippen LogP contribution in [0, 0.1) is 18.3 Å². The Labute approximate surface area is 188 Å². The minimum atomic E-state index is -3.18. The highest BCUT2D eigenvalue weighted by Crippen LogP contribution is 2.38. The van der Waals surface area contributed by atoms with Crippen molar-refractivity contribution in [2.45, 2.75) is 64.8 Å². The van der Waals surface area contributed by atoms with Gasteiger partial charge in [0.1, 0.15) is 0 Å². The summed E-state index contributed by atoms with van der Waals surface area (Å²) in [5.41, 5.74) is 2.03. The molecule has 2 N–H and O–H groups in total. The summed E-state index contributed by atoms with van der Waals surface area (Å²) in [7, 11) is -3.18. The molecule has 1 aliphatic carbocycles. The Hall–Kier alpha value is -0.830. The molecule has 0 atom stereocenters. The summed E-state index contributed by atoms with van der Waals surface area (Å²) in [6.45, 7) is 10.8. The standard InChI is InChI=1S/C21H35N3O2S.HI/c1-6-22-20(24-15-21(3,4)18-9-7-8-10-18)23-14-17-11-12-19(16(2)13-17)27(5,25)26;/h11-13,18H,6-10,14-15H2,1-5H3,(H2,22,23,24);1H. The number of hydrogen-bond acceptors (Lipinski definition) is 3. The number of nitrogens with one attached hydrogen (secondary N) is 2. The highest BCUT2D eigenvalue weighted by Gasteiger charge is 2.31. The summed E-state index contributed by atoms with van der Waals surface area (Å²) in [4.78, 5) is 5.08. The Kier molecular flexibility index (Phi) is 9.73. The van der Waals surface area contributed by atoms with Gasteiger partial charge in [-0.1, -0.05) is 38.8 Å². The van der Waals surface area contributed by atoms with E-state index >= 15 is 0 Å². The van der Waals surface area contributed by atoms with Crippen LogP contribution in [0.3, 0.4) is 0 Å². The molecule has 1 saturated carbocycles. The van der Waals surface area contributed by atoms with Gasteiger partial charge in [0, 0.05) is 19.3 Å². The van der Waals surface area contributed by atoms with Gasteiger partial charge in [-0.2, -0.15) is 0 Å². The van der Waals surface area contributed by atoms with Crippen molar-refractivity contribution >= 4 is 39.8 Å². The fourth-order valence-corrected chi connectivity index (χ4v) is 4.86. The lowest BCUT2D eigenvalue weighted by Gasteiger charge is -2.32. The van der Waals surface area contributed by atoms with E-state index in [1.165, 1.54) is 31.9 Å². The lowest BCUT2D eigenvalue weighted by Crippen LogP contribution is -2.44. The number of sulfone groups is 1. The molecule has 1 aliphatic rings. The molecule has 1 aromatic rings. The third-order valence-electron chi connectivity index (χ3n) is 5.57. The zero-order chi connectivity index (χ0) is 20.1. The molecule has 5 nitrogen and oxygen atoms in total. The van der Waals surface area contributed by atoms with Crippen molar-refractivity contribution in [1.29, 1.82) is 0 Å². The van der Waals surface area contributed by atoms with Gasteiger partial charge >= 0.3 is 0 Å². The molecule has 7 heteroatoms. The van der Waals surface area contributed by atoms with Gasteiger partial charge in [-0.15, -0.1) is 24.0 Å². The number of hydrogen-bond donors (Lipinski definition) is 2. The van der Waals surface area contributed by atoms with E-state index in [4.69, 9.17) is 4.99 Å². The van der Waals surface area contributed by atoms with E-state index in [0.717, 1.165) is 36.1 Å². The summed E-state index contributed by atoms with van der Waals surface area (Å²) >= 11 is 0. The smallest absolute Gasteiger partial charge is 0.191 e. The van der Waals surface area contributed by atoms with E-state index in [9.17, 15) is 8.42 Å². The van der Waals surface area contributed by atoms with Crippen molar-refractivity contribution in [3.63, 3.8) is 0 Å². The second kappa shape index (κ2) is 10.8. The van der Waals surface area contributed by atoms with E-state index in [1.54, 1.807) is 6.07 Å². The lowest BCUT2D eigenvalue weighted by molar-refractivity contribution is 0.218. The molecule has 0 spiro atoms. The predicted octanol–water partition coefficient (Wildman–Crippen LogP) is 4.29. The fraction of sp³-hybridized carbons (Fsp3) is 0.667. The Morgan fingerprint density at radius 2 is 1.86 bits per heavy atom. The molecule has 0 radical (unpaired) electrons. The largest absolute Gasteiger partial charge is 0.357 e. The molecule has 0 unspecified atom stereocenters. The van der Waals surface area contributed by atoms with Gasteiger partial charge in [-0.05, 0) is 55.2 Å². The maximum atomic E-state index is 11.8. The number of rotatable bonds is 7.